The standard InChI is InChI=1S/C15H29N3O2S/c19-21(20,18-11-5-2-6-12-18)17-14-7-10-16-15(13-14)8-3-1-4-9-15/h14,16-17H,1-13H2. The predicted molar refractivity (Wildman–Crippen MR) is 84.3 cm³/mol. The lowest BCUT2D eigenvalue weighted by Crippen LogP contribution is -2.58. The smallest absolute Gasteiger partial charge is 0.279 e. The average Bonchev–Trinajstić information content (AvgIpc) is 2.48. The van der Waals surface area contributed by atoms with E-state index in [9.17, 15) is 8.42 Å². The number of hydrogen-bond donors (Lipinski definition) is 2. The van der Waals surface area contributed by atoms with Crippen LogP contribution < -0.4 is 10.0 Å². The minimum atomic E-state index is -3.28. The van der Waals surface area contributed by atoms with Crippen molar-refractivity contribution in [3.63, 3.8) is 0 Å². The fraction of sp³-hybridized carbons (Fsp3) is 1.00. The van der Waals surface area contributed by atoms with Crippen molar-refractivity contribution in [1.82, 2.24) is 14.3 Å². The van der Waals surface area contributed by atoms with Crippen LogP contribution in [0.2, 0.25) is 0 Å². The Bertz CT molecular complexity index is 434. The highest BCUT2D eigenvalue weighted by Gasteiger charge is 2.38. The van der Waals surface area contributed by atoms with Gasteiger partial charge in [0.2, 0.25) is 0 Å². The van der Waals surface area contributed by atoms with Gasteiger partial charge < -0.3 is 5.32 Å². The van der Waals surface area contributed by atoms with E-state index in [0.717, 1.165) is 38.6 Å². The fourth-order valence-electron chi connectivity index (χ4n) is 4.26. The van der Waals surface area contributed by atoms with E-state index in [-0.39, 0.29) is 11.6 Å². The van der Waals surface area contributed by atoms with Crippen LogP contribution >= 0.6 is 0 Å². The van der Waals surface area contributed by atoms with Gasteiger partial charge in [-0.2, -0.15) is 17.4 Å². The molecule has 0 amide bonds. The average molecular weight is 315 g/mol. The van der Waals surface area contributed by atoms with Gasteiger partial charge in [-0.3, -0.25) is 0 Å². The first-order valence-corrected chi connectivity index (χ1v) is 10.1. The molecule has 3 rings (SSSR count). The Balaban J connectivity index is 1.61. The van der Waals surface area contributed by atoms with E-state index in [4.69, 9.17) is 0 Å². The fourth-order valence-corrected chi connectivity index (χ4v) is 5.77. The minimum absolute atomic E-state index is 0.108. The van der Waals surface area contributed by atoms with Crippen molar-refractivity contribution in [1.29, 1.82) is 0 Å². The second-order valence-electron chi connectivity index (χ2n) is 7.04. The van der Waals surface area contributed by atoms with E-state index in [1.165, 1.54) is 32.1 Å². The molecular formula is C15H29N3O2S. The molecule has 2 aliphatic heterocycles. The molecule has 0 aromatic rings. The van der Waals surface area contributed by atoms with Crippen LogP contribution in [0.15, 0.2) is 0 Å². The molecule has 0 radical (unpaired) electrons. The summed E-state index contributed by atoms with van der Waals surface area (Å²) in [5.74, 6) is 0. The molecule has 2 saturated heterocycles. The molecule has 3 aliphatic rings. The van der Waals surface area contributed by atoms with Crippen LogP contribution in [0, 0.1) is 0 Å². The Morgan fingerprint density at radius 3 is 2.38 bits per heavy atom. The van der Waals surface area contributed by atoms with E-state index in [1.807, 2.05) is 0 Å². The third kappa shape index (κ3) is 3.78. The van der Waals surface area contributed by atoms with Crippen molar-refractivity contribution >= 4 is 10.2 Å². The molecule has 1 atom stereocenters. The molecule has 1 saturated carbocycles. The van der Waals surface area contributed by atoms with Gasteiger partial charge in [-0.1, -0.05) is 25.7 Å². The highest BCUT2D eigenvalue weighted by Crippen LogP contribution is 2.34. The van der Waals surface area contributed by atoms with Crippen LogP contribution in [0.25, 0.3) is 0 Å². The summed E-state index contributed by atoms with van der Waals surface area (Å²) in [7, 11) is -3.28. The van der Waals surface area contributed by atoms with Crippen LogP contribution in [-0.4, -0.2) is 43.9 Å². The van der Waals surface area contributed by atoms with Crippen LogP contribution in [0.3, 0.4) is 0 Å². The maximum Gasteiger partial charge on any atom is 0.279 e. The Kier molecular flexibility index (Phi) is 4.88. The van der Waals surface area contributed by atoms with Crippen molar-refractivity contribution < 1.29 is 8.42 Å². The van der Waals surface area contributed by atoms with Gasteiger partial charge in [0.15, 0.2) is 0 Å². The lowest BCUT2D eigenvalue weighted by Gasteiger charge is -2.45. The summed E-state index contributed by atoms with van der Waals surface area (Å²) in [4.78, 5) is 0. The maximum atomic E-state index is 12.5. The third-order valence-electron chi connectivity index (χ3n) is 5.41. The topological polar surface area (TPSA) is 61.4 Å². The van der Waals surface area contributed by atoms with E-state index < -0.39 is 10.2 Å². The van der Waals surface area contributed by atoms with Crippen LogP contribution in [0.5, 0.6) is 0 Å². The predicted octanol–water partition coefficient (Wildman–Crippen LogP) is 1.76. The molecule has 2 N–H and O–H groups in total. The molecule has 0 bridgehead atoms. The van der Waals surface area contributed by atoms with Crippen molar-refractivity contribution in [2.24, 2.45) is 0 Å². The van der Waals surface area contributed by atoms with E-state index >= 15 is 0 Å². The normalized spacial score (nSPS) is 31.3. The molecule has 122 valence electrons. The summed E-state index contributed by atoms with van der Waals surface area (Å²) in [5.41, 5.74) is 0.200. The zero-order chi connectivity index (χ0) is 14.8. The summed E-state index contributed by atoms with van der Waals surface area (Å²) in [6.07, 6.45) is 11.3. The lowest BCUT2D eigenvalue weighted by atomic mass is 9.75. The third-order valence-corrected chi connectivity index (χ3v) is 7.09. The summed E-state index contributed by atoms with van der Waals surface area (Å²) < 4.78 is 29.7. The highest BCUT2D eigenvalue weighted by molar-refractivity contribution is 7.87. The van der Waals surface area contributed by atoms with Crippen molar-refractivity contribution in [3.8, 4) is 0 Å². The van der Waals surface area contributed by atoms with Crippen LogP contribution in [-0.2, 0) is 10.2 Å². The summed E-state index contributed by atoms with van der Waals surface area (Å²) in [5, 5.41) is 3.68. The van der Waals surface area contributed by atoms with Crippen molar-refractivity contribution in [3.05, 3.63) is 0 Å². The van der Waals surface area contributed by atoms with Gasteiger partial charge in [0.1, 0.15) is 0 Å². The highest BCUT2D eigenvalue weighted by atomic mass is 32.2. The van der Waals surface area contributed by atoms with Gasteiger partial charge in [-0.25, -0.2) is 0 Å². The van der Waals surface area contributed by atoms with Gasteiger partial charge >= 0.3 is 0 Å². The quantitative estimate of drug-likeness (QED) is 0.834. The van der Waals surface area contributed by atoms with Crippen LogP contribution in [0.1, 0.15) is 64.2 Å². The molecule has 2 heterocycles. The monoisotopic (exact) mass is 315 g/mol. The molecule has 0 aromatic carbocycles. The van der Waals surface area contributed by atoms with Crippen molar-refractivity contribution in [2.45, 2.75) is 75.8 Å². The molecule has 3 fully saturated rings. The molecule has 1 spiro atoms. The second kappa shape index (κ2) is 6.52. The maximum absolute atomic E-state index is 12.5. The number of hydrogen-bond acceptors (Lipinski definition) is 3. The molecule has 1 unspecified atom stereocenters. The zero-order valence-corrected chi connectivity index (χ0v) is 13.8. The Morgan fingerprint density at radius 2 is 1.67 bits per heavy atom. The van der Waals surface area contributed by atoms with Gasteiger partial charge in [-0.05, 0) is 45.1 Å². The first-order chi connectivity index (χ1) is 10.1. The van der Waals surface area contributed by atoms with E-state index in [2.05, 4.69) is 10.0 Å². The van der Waals surface area contributed by atoms with Crippen molar-refractivity contribution in [2.75, 3.05) is 19.6 Å². The molecule has 21 heavy (non-hydrogen) atoms. The first-order valence-electron chi connectivity index (χ1n) is 8.62. The Hall–Kier alpha value is -0.170. The van der Waals surface area contributed by atoms with E-state index in [0.29, 0.717) is 13.1 Å². The number of nitrogens with one attached hydrogen (secondary N) is 2. The van der Waals surface area contributed by atoms with Gasteiger partial charge in [0, 0.05) is 24.7 Å². The summed E-state index contributed by atoms with van der Waals surface area (Å²) in [6.45, 7) is 2.31. The number of rotatable bonds is 3. The largest absolute Gasteiger partial charge is 0.311 e. The zero-order valence-electron chi connectivity index (χ0n) is 12.9. The SMILES string of the molecule is O=S(=O)(NC1CCNC2(CCCCC2)C1)N1CCCCC1. The Morgan fingerprint density at radius 1 is 1.00 bits per heavy atom. The van der Waals surface area contributed by atoms with Gasteiger partial charge in [0.05, 0.1) is 0 Å². The lowest BCUT2D eigenvalue weighted by molar-refractivity contribution is 0.164. The summed E-state index contributed by atoms with van der Waals surface area (Å²) in [6, 6.07) is 0.108. The molecule has 6 heteroatoms. The minimum Gasteiger partial charge on any atom is -0.311 e. The molecule has 1 aliphatic carbocycles. The number of piperidine rings is 2. The first kappa shape index (κ1) is 15.7. The molecular weight excluding hydrogens is 286 g/mol. The Labute approximate surface area is 129 Å². The summed E-state index contributed by atoms with van der Waals surface area (Å²) >= 11 is 0. The molecule has 0 aromatic heterocycles. The van der Waals surface area contributed by atoms with Crippen LogP contribution in [0.4, 0.5) is 0 Å². The van der Waals surface area contributed by atoms with E-state index in [1.54, 1.807) is 4.31 Å². The van der Waals surface area contributed by atoms with Gasteiger partial charge in [-0.15, -0.1) is 0 Å². The number of nitrogens with zero attached hydrogens (tertiary/aromatic N) is 1. The van der Waals surface area contributed by atoms with Gasteiger partial charge in [0.25, 0.3) is 10.2 Å². The second-order valence-corrected chi connectivity index (χ2v) is 8.74. The molecule has 5 nitrogen and oxygen atoms in total.